The summed E-state index contributed by atoms with van der Waals surface area (Å²) in [5.74, 6) is 0.564. The van der Waals surface area contributed by atoms with Gasteiger partial charge in [0, 0.05) is 6.54 Å². The summed E-state index contributed by atoms with van der Waals surface area (Å²) in [4.78, 5) is 12.9. The zero-order valence-corrected chi connectivity index (χ0v) is 14.7. The van der Waals surface area contributed by atoms with Crippen LogP contribution in [0, 0.1) is 6.92 Å². The van der Waals surface area contributed by atoms with Crippen molar-refractivity contribution in [2.45, 2.75) is 38.0 Å². The number of aliphatic hydroxyl groups is 3. The second-order valence-corrected chi connectivity index (χ2v) is 6.56. The summed E-state index contributed by atoms with van der Waals surface area (Å²) in [5.41, 5.74) is 3.32. The number of hydrogen-bond donors (Lipinski definition) is 4. The molecule has 1 unspecified atom stereocenters. The van der Waals surface area contributed by atoms with Crippen LogP contribution in [0.5, 0.6) is 0 Å². The first-order valence-corrected chi connectivity index (χ1v) is 8.68. The molecule has 1 aliphatic heterocycles. The number of aromatic nitrogens is 4. The number of benzene rings is 1. The van der Waals surface area contributed by atoms with Crippen LogP contribution in [0.15, 0.2) is 36.9 Å². The van der Waals surface area contributed by atoms with Crippen LogP contribution < -0.4 is 5.32 Å². The van der Waals surface area contributed by atoms with Crippen molar-refractivity contribution in [3.63, 3.8) is 0 Å². The van der Waals surface area contributed by atoms with Crippen LogP contribution >= 0.6 is 0 Å². The summed E-state index contributed by atoms with van der Waals surface area (Å²) in [6.07, 6.45) is -1.24. The molecular formula is C18H21N5O4. The van der Waals surface area contributed by atoms with Crippen molar-refractivity contribution >= 4 is 17.0 Å². The van der Waals surface area contributed by atoms with Crippen LogP contribution in [0.1, 0.15) is 17.4 Å². The molecule has 0 aliphatic carbocycles. The van der Waals surface area contributed by atoms with Crippen molar-refractivity contribution in [2.75, 3.05) is 11.9 Å². The molecule has 1 fully saturated rings. The molecule has 1 aliphatic rings. The molecule has 4 N–H and O–H groups in total. The predicted molar refractivity (Wildman–Crippen MR) is 96.8 cm³/mol. The minimum absolute atomic E-state index is 0.389. The molecule has 4 rings (SSSR count). The quantitative estimate of drug-likeness (QED) is 0.507. The second-order valence-electron chi connectivity index (χ2n) is 6.56. The van der Waals surface area contributed by atoms with E-state index >= 15 is 0 Å². The van der Waals surface area contributed by atoms with E-state index in [9.17, 15) is 15.3 Å². The Morgan fingerprint density at radius 3 is 2.70 bits per heavy atom. The molecule has 0 amide bonds. The topological polar surface area (TPSA) is 126 Å². The van der Waals surface area contributed by atoms with E-state index in [0.29, 0.717) is 23.5 Å². The molecule has 1 saturated heterocycles. The summed E-state index contributed by atoms with van der Waals surface area (Å²) in [6.45, 7) is 2.24. The van der Waals surface area contributed by atoms with Gasteiger partial charge in [-0.2, -0.15) is 0 Å². The lowest BCUT2D eigenvalue weighted by Crippen LogP contribution is -2.33. The molecule has 4 atom stereocenters. The highest BCUT2D eigenvalue weighted by Crippen LogP contribution is 2.32. The van der Waals surface area contributed by atoms with Gasteiger partial charge in [0.1, 0.15) is 24.6 Å². The van der Waals surface area contributed by atoms with E-state index in [0.717, 1.165) is 5.56 Å². The van der Waals surface area contributed by atoms with Gasteiger partial charge in [0.15, 0.2) is 23.2 Å². The molecule has 2 aromatic heterocycles. The van der Waals surface area contributed by atoms with E-state index in [2.05, 4.69) is 20.3 Å². The Bertz CT molecular complexity index is 946. The van der Waals surface area contributed by atoms with E-state index in [4.69, 9.17) is 4.74 Å². The molecule has 27 heavy (non-hydrogen) atoms. The third-order valence-electron chi connectivity index (χ3n) is 4.86. The molecule has 1 aromatic carbocycles. The molecule has 3 aromatic rings. The Balaban J connectivity index is 1.61. The number of aliphatic hydroxyl groups excluding tert-OH is 3. The van der Waals surface area contributed by atoms with Gasteiger partial charge in [0.25, 0.3) is 0 Å². The lowest BCUT2D eigenvalue weighted by atomic mass is 10.1. The Hall–Kier alpha value is -2.59. The number of fused-ring (bicyclic) bond motifs is 1. The van der Waals surface area contributed by atoms with Gasteiger partial charge in [-0.25, -0.2) is 15.0 Å². The summed E-state index contributed by atoms with van der Waals surface area (Å²) >= 11 is 0. The van der Waals surface area contributed by atoms with Gasteiger partial charge in [-0.05, 0) is 18.1 Å². The van der Waals surface area contributed by atoms with Crippen molar-refractivity contribution in [3.8, 4) is 0 Å². The Labute approximate surface area is 155 Å². The number of aryl methyl sites for hydroxylation is 1. The first-order chi connectivity index (χ1) is 13.1. The van der Waals surface area contributed by atoms with Gasteiger partial charge < -0.3 is 25.4 Å². The average Bonchev–Trinajstić information content (AvgIpc) is 3.23. The largest absolute Gasteiger partial charge is 0.394 e. The van der Waals surface area contributed by atoms with Gasteiger partial charge in [-0.1, -0.05) is 24.3 Å². The summed E-state index contributed by atoms with van der Waals surface area (Å²) in [6, 6.07) is 8.06. The van der Waals surface area contributed by atoms with E-state index in [1.54, 1.807) is 4.57 Å². The molecule has 9 heteroatoms. The number of anilines is 1. The van der Waals surface area contributed by atoms with Crippen LogP contribution in [-0.2, 0) is 11.3 Å². The zero-order chi connectivity index (χ0) is 19.0. The van der Waals surface area contributed by atoms with Gasteiger partial charge in [0.05, 0.1) is 12.9 Å². The second kappa shape index (κ2) is 7.20. The highest BCUT2D eigenvalue weighted by atomic mass is 16.6. The smallest absolute Gasteiger partial charge is 0.167 e. The molecule has 0 saturated carbocycles. The maximum absolute atomic E-state index is 10.2. The SMILES string of the molecule is Cc1ccccc1CNc1ncnc2c1ncn2C1O[C@H](CO)[C@@H](O)[C@H]1O. The van der Waals surface area contributed by atoms with Crippen LogP contribution in [0.25, 0.3) is 11.2 Å². The van der Waals surface area contributed by atoms with E-state index in [1.807, 2.05) is 31.2 Å². The highest BCUT2D eigenvalue weighted by molar-refractivity contribution is 5.82. The van der Waals surface area contributed by atoms with Crippen LogP contribution in [0.3, 0.4) is 0 Å². The number of hydrogen-bond acceptors (Lipinski definition) is 8. The Kier molecular flexibility index (Phi) is 4.75. The minimum Gasteiger partial charge on any atom is -0.394 e. The monoisotopic (exact) mass is 371 g/mol. The lowest BCUT2D eigenvalue weighted by Gasteiger charge is -2.16. The van der Waals surface area contributed by atoms with Crippen molar-refractivity contribution < 1.29 is 20.1 Å². The molecule has 0 bridgehead atoms. The van der Waals surface area contributed by atoms with Crippen LogP contribution in [0.4, 0.5) is 5.82 Å². The number of imidazole rings is 1. The van der Waals surface area contributed by atoms with Crippen molar-refractivity contribution in [3.05, 3.63) is 48.0 Å². The number of rotatable bonds is 5. The fraction of sp³-hybridized carbons (Fsp3) is 0.389. The molecule has 142 valence electrons. The highest BCUT2D eigenvalue weighted by Gasteiger charge is 2.44. The van der Waals surface area contributed by atoms with Crippen LogP contribution in [0.2, 0.25) is 0 Å². The number of nitrogens with one attached hydrogen (secondary N) is 1. The molecule has 0 spiro atoms. The molecule has 3 heterocycles. The number of nitrogens with zero attached hydrogens (tertiary/aromatic N) is 4. The lowest BCUT2D eigenvalue weighted by molar-refractivity contribution is -0.0511. The predicted octanol–water partition coefficient (Wildman–Crippen LogP) is 0.358. The van der Waals surface area contributed by atoms with Gasteiger partial charge >= 0.3 is 0 Å². The summed E-state index contributed by atoms with van der Waals surface area (Å²) < 4.78 is 7.11. The average molecular weight is 371 g/mol. The Morgan fingerprint density at radius 1 is 1.15 bits per heavy atom. The molecular weight excluding hydrogens is 350 g/mol. The third kappa shape index (κ3) is 3.15. The minimum atomic E-state index is -1.20. The van der Waals surface area contributed by atoms with E-state index in [-0.39, 0.29) is 6.61 Å². The first kappa shape index (κ1) is 17.8. The standard InChI is InChI=1S/C18H21N5O4/c1-10-4-2-3-5-11(10)6-19-16-13-17(21-8-20-16)23(9-22-13)18-15(26)14(25)12(7-24)27-18/h2-5,8-9,12,14-15,18,24-26H,6-7H2,1H3,(H,19,20,21)/t12-,14-,15-,18?/m1/s1. The zero-order valence-electron chi connectivity index (χ0n) is 14.7. The first-order valence-electron chi connectivity index (χ1n) is 8.68. The van der Waals surface area contributed by atoms with Crippen molar-refractivity contribution in [1.29, 1.82) is 0 Å². The fourth-order valence-corrected chi connectivity index (χ4v) is 3.26. The molecule has 0 radical (unpaired) electrons. The van der Waals surface area contributed by atoms with Crippen molar-refractivity contribution in [1.82, 2.24) is 19.5 Å². The summed E-state index contributed by atoms with van der Waals surface area (Å²) in [7, 11) is 0. The van der Waals surface area contributed by atoms with Gasteiger partial charge in [0.2, 0.25) is 0 Å². The van der Waals surface area contributed by atoms with Gasteiger partial charge in [-0.3, -0.25) is 4.57 Å². The maximum Gasteiger partial charge on any atom is 0.167 e. The Morgan fingerprint density at radius 2 is 1.96 bits per heavy atom. The normalized spacial score (nSPS) is 25.2. The maximum atomic E-state index is 10.2. The fourth-order valence-electron chi connectivity index (χ4n) is 3.26. The van der Waals surface area contributed by atoms with Crippen LogP contribution in [-0.4, -0.2) is 59.8 Å². The number of ether oxygens (including phenoxy) is 1. The van der Waals surface area contributed by atoms with E-state index in [1.165, 1.54) is 18.2 Å². The third-order valence-corrected chi connectivity index (χ3v) is 4.86. The van der Waals surface area contributed by atoms with Crippen molar-refractivity contribution in [2.24, 2.45) is 0 Å². The summed E-state index contributed by atoms with van der Waals surface area (Å²) in [5, 5.41) is 32.8. The van der Waals surface area contributed by atoms with E-state index < -0.39 is 24.5 Å². The van der Waals surface area contributed by atoms with Gasteiger partial charge in [-0.15, -0.1) is 0 Å². The molecule has 9 nitrogen and oxygen atoms in total.